The summed E-state index contributed by atoms with van der Waals surface area (Å²) in [5.74, 6) is -10.6. The molecule has 0 aromatic rings. The Balaban J connectivity index is 1.47. The fourth-order valence-corrected chi connectivity index (χ4v) is 7.16. The third-order valence-electron chi connectivity index (χ3n) is 10.7. The molecule has 17 N–H and O–H groups in total. The second kappa shape index (κ2) is 17.9. The summed E-state index contributed by atoms with van der Waals surface area (Å²) < 4.78 is 50.3. The van der Waals surface area contributed by atoms with Crippen LogP contribution in [-0.4, -0.2) is 273 Å². The lowest BCUT2D eigenvalue weighted by Crippen LogP contribution is -2.63. The molecule has 5 fully saturated rings. The van der Waals surface area contributed by atoms with Crippen LogP contribution in [-0.2, 0) is 42.6 Å². The van der Waals surface area contributed by atoms with E-state index in [9.17, 15) is 86.8 Å². The first-order valence-electron chi connectivity index (χ1n) is 17.5. The van der Waals surface area contributed by atoms with Crippen molar-refractivity contribution in [2.45, 2.75) is 127 Å². The van der Waals surface area contributed by atoms with Crippen LogP contribution in [0.25, 0.3) is 0 Å². The van der Waals surface area contributed by atoms with Crippen molar-refractivity contribution in [1.29, 1.82) is 0 Å². The summed E-state index contributed by atoms with van der Waals surface area (Å²) in [4.78, 5) is 0. The van der Waals surface area contributed by atoms with Crippen molar-refractivity contribution in [1.82, 2.24) is 0 Å². The molecule has 5 heterocycles. The molecule has 5 aliphatic rings. The lowest BCUT2D eigenvalue weighted by atomic mass is 9.99. The Labute approximate surface area is 316 Å². The highest BCUT2D eigenvalue weighted by Gasteiger charge is 2.65. The van der Waals surface area contributed by atoms with E-state index in [2.05, 4.69) is 0 Å². The first-order valence-corrected chi connectivity index (χ1v) is 17.5. The Morgan fingerprint density at radius 2 is 0.750 bits per heavy atom. The third-order valence-corrected chi connectivity index (χ3v) is 10.7. The van der Waals surface area contributed by atoms with Crippen molar-refractivity contribution in [3.63, 3.8) is 0 Å². The summed E-state index contributed by atoms with van der Waals surface area (Å²) in [5.41, 5.74) is 0. The monoisotopic (exact) mass is 828 g/mol. The second-order valence-electron chi connectivity index (χ2n) is 14.2. The second-order valence-corrected chi connectivity index (χ2v) is 14.2. The molecule has 21 atom stereocenters. The minimum atomic E-state index is -2.88. The summed E-state index contributed by atoms with van der Waals surface area (Å²) in [5, 5.41) is 177. The molecule has 0 unspecified atom stereocenters. The fraction of sp³-hybridized carbons (Fsp3) is 1.00. The van der Waals surface area contributed by atoms with Crippen molar-refractivity contribution >= 4 is 0 Å². The Morgan fingerprint density at radius 3 is 1.21 bits per heavy atom. The van der Waals surface area contributed by atoms with Gasteiger partial charge in [-0.25, -0.2) is 0 Å². The van der Waals surface area contributed by atoms with E-state index in [0.29, 0.717) is 0 Å². The molecule has 0 radical (unpaired) electrons. The van der Waals surface area contributed by atoms with Gasteiger partial charge >= 0.3 is 0 Å². The molecular weight excluding hydrogens is 776 g/mol. The fourth-order valence-electron chi connectivity index (χ4n) is 7.16. The van der Waals surface area contributed by atoms with Gasteiger partial charge in [0.1, 0.15) is 124 Å². The zero-order valence-electron chi connectivity index (χ0n) is 29.5. The van der Waals surface area contributed by atoms with Gasteiger partial charge in [-0.3, -0.25) is 0 Å². The molecule has 5 rings (SSSR count). The SMILES string of the molecule is OC[C@H]1O[C@@](CO)(OC[C@H]2O[C@@](CO[C@]3(CO[C@]4(CO)O[C@H](CO)[C@@H](O)[C@@H]4O)O[C@H](CO)[C@@H](O)[C@@H]3O)(O[C@H]3O[C@H](CO)[C@@H](O)[C@H](O)[C@H]3O)[C@@H](O)[C@@H]2O)[C@@H](O)[C@@H]1O. The minimum Gasteiger partial charge on any atom is -0.394 e. The van der Waals surface area contributed by atoms with Gasteiger partial charge in [-0.15, -0.1) is 0 Å². The summed E-state index contributed by atoms with van der Waals surface area (Å²) in [6.45, 7) is -9.31. The van der Waals surface area contributed by atoms with Crippen LogP contribution >= 0.6 is 0 Å². The quantitative estimate of drug-likeness (QED) is 0.0647. The van der Waals surface area contributed by atoms with E-state index < -0.39 is 187 Å². The van der Waals surface area contributed by atoms with E-state index in [1.165, 1.54) is 0 Å². The highest BCUT2D eigenvalue weighted by Crippen LogP contribution is 2.43. The predicted molar refractivity (Wildman–Crippen MR) is 167 cm³/mol. The Bertz CT molecular complexity index is 1270. The number of rotatable bonds is 17. The molecule has 26 heteroatoms. The van der Waals surface area contributed by atoms with Crippen molar-refractivity contribution in [3.8, 4) is 0 Å². The van der Waals surface area contributed by atoms with Crippen LogP contribution in [0.15, 0.2) is 0 Å². The van der Waals surface area contributed by atoms with Crippen LogP contribution in [0.2, 0.25) is 0 Å². The highest BCUT2D eigenvalue weighted by atomic mass is 16.8. The van der Waals surface area contributed by atoms with Gasteiger partial charge in [-0.1, -0.05) is 0 Å². The molecule has 5 saturated heterocycles. The van der Waals surface area contributed by atoms with E-state index >= 15 is 0 Å². The van der Waals surface area contributed by atoms with Crippen LogP contribution in [0, 0.1) is 0 Å². The third kappa shape index (κ3) is 7.97. The number of aliphatic hydroxyl groups is 17. The summed E-state index contributed by atoms with van der Waals surface area (Å²) in [6, 6.07) is 0. The first kappa shape index (κ1) is 46.0. The van der Waals surface area contributed by atoms with Gasteiger partial charge in [0, 0.05) is 0 Å². The van der Waals surface area contributed by atoms with Gasteiger partial charge in [0.2, 0.25) is 23.1 Å². The van der Waals surface area contributed by atoms with E-state index in [4.69, 9.17) is 42.6 Å². The van der Waals surface area contributed by atoms with Crippen LogP contribution in [0.5, 0.6) is 0 Å². The van der Waals surface area contributed by atoms with Gasteiger partial charge in [0.05, 0.1) is 33.0 Å². The lowest BCUT2D eigenvalue weighted by Gasteiger charge is -2.44. The maximum Gasteiger partial charge on any atom is 0.224 e. The molecular formula is C30H52O26. The van der Waals surface area contributed by atoms with Crippen LogP contribution in [0.1, 0.15) is 0 Å². The van der Waals surface area contributed by atoms with Crippen LogP contribution in [0.3, 0.4) is 0 Å². The predicted octanol–water partition coefficient (Wildman–Crippen LogP) is -11.9. The first-order chi connectivity index (χ1) is 26.4. The zero-order valence-corrected chi connectivity index (χ0v) is 29.5. The Hall–Kier alpha value is -1.04. The van der Waals surface area contributed by atoms with Crippen molar-refractivity contribution in [3.05, 3.63) is 0 Å². The molecule has 0 amide bonds. The van der Waals surface area contributed by atoms with Crippen LogP contribution < -0.4 is 0 Å². The van der Waals surface area contributed by atoms with Crippen molar-refractivity contribution < 1.29 is 129 Å². The van der Waals surface area contributed by atoms with E-state index in [-0.39, 0.29) is 0 Å². The lowest BCUT2D eigenvalue weighted by molar-refractivity contribution is -0.405. The van der Waals surface area contributed by atoms with Gasteiger partial charge in [0.15, 0.2) is 6.29 Å². The largest absolute Gasteiger partial charge is 0.394 e. The van der Waals surface area contributed by atoms with Gasteiger partial charge in [-0.2, -0.15) is 0 Å². The molecule has 0 bridgehead atoms. The van der Waals surface area contributed by atoms with Gasteiger partial charge < -0.3 is 129 Å². The standard InChI is InChI=1S/C30H52O26/c31-1-10-15(37)20(42)21(43)26(51-10)56-30(25(47)19(41)14(55-30)5-48-27(6-35)22(44)16(38)11(2-32)52-27)9-50-29(24(46)18(40)13(4-34)54-29)8-49-28(7-36)23(45)17(39)12(3-33)53-28/h10-26,31-47H,1-9H2/t10-,11-,12-,13-,14-,15-,16-,17-,18-,19-,20+,21-,22+,23+,24+,25+,26-,27-,28-,29-,30+/m1/s1. The summed E-state index contributed by atoms with van der Waals surface area (Å²) in [7, 11) is 0. The molecule has 0 spiro atoms. The van der Waals surface area contributed by atoms with E-state index in [1.807, 2.05) is 0 Å². The van der Waals surface area contributed by atoms with E-state index in [1.54, 1.807) is 0 Å². The van der Waals surface area contributed by atoms with Crippen molar-refractivity contribution in [2.24, 2.45) is 0 Å². The average molecular weight is 829 g/mol. The molecule has 56 heavy (non-hydrogen) atoms. The van der Waals surface area contributed by atoms with Crippen LogP contribution in [0.4, 0.5) is 0 Å². The molecule has 0 aromatic heterocycles. The molecule has 0 aromatic carbocycles. The molecule has 5 aliphatic heterocycles. The van der Waals surface area contributed by atoms with Gasteiger partial charge in [-0.05, 0) is 0 Å². The number of ether oxygens (including phenoxy) is 9. The summed E-state index contributed by atoms with van der Waals surface area (Å²) >= 11 is 0. The molecule has 328 valence electrons. The average Bonchev–Trinajstić information content (AvgIpc) is 3.80. The van der Waals surface area contributed by atoms with Crippen molar-refractivity contribution in [2.75, 3.05) is 59.5 Å². The molecule has 0 saturated carbocycles. The number of hydrogen-bond donors (Lipinski definition) is 17. The smallest absolute Gasteiger partial charge is 0.224 e. The molecule has 0 aliphatic carbocycles. The van der Waals surface area contributed by atoms with E-state index in [0.717, 1.165) is 0 Å². The molecule has 26 nitrogen and oxygen atoms in total. The maximum absolute atomic E-state index is 11.5. The number of hydrogen-bond acceptors (Lipinski definition) is 26. The topological polar surface area (TPSA) is 427 Å². The summed E-state index contributed by atoms with van der Waals surface area (Å²) in [6.07, 6.45) is -32.5. The minimum absolute atomic E-state index is 0.823. The Morgan fingerprint density at radius 1 is 0.375 bits per heavy atom. The van der Waals surface area contributed by atoms with Gasteiger partial charge in [0.25, 0.3) is 0 Å². The Kier molecular flexibility index (Phi) is 14.7. The normalized spacial score (nSPS) is 52.3. The zero-order chi connectivity index (χ0) is 41.5. The highest BCUT2D eigenvalue weighted by molar-refractivity contribution is 5.04. The maximum atomic E-state index is 11.5. The number of aliphatic hydroxyl groups excluding tert-OH is 17.